The molecule has 0 fully saturated rings. The van der Waals surface area contributed by atoms with E-state index in [4.69, 9.17) is 0 Å². The monoisotopic (exact) mass is 424 g/mol. The first-order valence-electron chi connectivity index (χ1n) is 10.00. The molecular formula is C23H28N4O4. The number of carbonyl (C=O) groups is 4. The number of anilines is 4. The van der Waals surface area contributed by atoms with Crippen LogP contribution < -0.4 is 21.3 Å². The number of hydrogen-bond acceptors (Lipinski definition) is 4. The molecule has 0 bridgehead atoms. The fourth-order valence-corrected chi connectivity index (χ4v) is 2.90. The zero-order valence-electron chi connectivity index (χ0n) is 18.2. The minimum atomic E-state index is -0.214. The van der Waals surface area contributed by atoms with Crippen molar-refractivity contribution < 1.29 is 19.2 Å². The second-order valence-corrected chi connectivity index (χ2v) is 7.37. The highest BCUT2D eigenvalue weighted by molar-refractivity contribution is 5.95. The van der Waals surface area contributed by atoms with Gasteiger partial charge in [-0.25, -0.2) is 0 Å². The smallest absolute Gasteiger partial charge is 0.224 e. The van der Waals surface area contributed by atoms with Gasteiger partial charge >= 0.3 is 0 Å². The maximum Gasteiger partial charge on any atom is 0.224 e. The lowest BCUT2D eigenvalue weighted by Crippen LogP contribution is -2.15. The van der Waals surface area contributed by atoms with E-state index in [0.717, 1.165) is 11.1 Å². The van der Waals surface area contributed by atoms with Gasteiger partial charge in [0.05, 0.1) is 0 Å². The van der Waals surface area contributed by atoms with Crippen molar-refractivity contribution in [2.75, 3.05) is 21.3 Å². The van der Waals surface area contributed by atoms with Crippen LogP contribution in [-0.2, 0) is 19.2 Å². The largest absolute Gasteiger partial charge is 0.326 e. The first-order chi connectivity index (χ1) is 14.6. The highest BCUT2D eigenvalue weighted by atomic mass is 16.2. The van der Waals surface area contributed by atoms with E-state index in [9.17, 15) is 19.2 Å². The molecule has 8 nitrogen and oxygen atoms in total. The Morgan fingerprint density at radius 1 is 0.645 bits per heavy atom. The molecule has 2 aromatic carbocycles. The van der Waals surface area contributed by atoms with Crippen LogP contribution >= 0.6 is 0 Å². The molecular weight excluding hydrogens is 396 g/mol. The summed E-state index contributed by atoms with van der Waals surface area (Å²) in [6, 6.07) is 10.5. The van der Waals surface area contributed by atoms with E-state index in [-0.39, 0.29) is 36.5 Å². The molecule has 0 spiro atoms. The summed E-state index contributed by atoms with van der Waals surface area (Å²) in [6.07, 6.45) is 0.746. The third kappa shape index (κ3) is 7.93. The summed E-state index contributed by atoms with van der Waals surface area (Å²) in [6.45, 7) is 6.57. The zero-order chi connectivity index (χ0) is 23.0. The van der Waals surface area contributed by atoms with Gasteiger partial charge in [-0.05, 0) is 55.7 Å². The van der Waals surface area contributed by atoms with E-state index >= 15 is 0 Å². The number of carbonyl (C=O) groups excluding carboxylic acids is 4. The van der Waals surface area contributed by atoms with Gasteiger partial charge in [0.25, 0.3) is 0 Å². The number of hydrogen-bond donors (Lipinski definition) is 4. The maximum atomic E-state index is 12.2. The molecule has 164 valence electrons. The average Bonchev–Trinajstić information content (AvgIpc) is 2.66. The molecule has 0 aliphatic heterocycles. The van der Waals surface area contributed by atoms with Crippen LogP contribution in [0.4, 0.5) is 22.7 Å². The summed E-state index contributed by atoms with van der Waals surface area (Å²) in [5, 5.41) is 11.0. The van der Waals surface area contributed by atoms with Crippen LogP contribution in [0.1, 0.15) is 44.2 Å². The minimum Gasteiger partial charge on any atom is -0.326 e. The van der Waals surface area contributed by atoms with Crippen LogP contribution in [0.15, 0.2) is 36.4 Å². The highest BCUT2D eigenvalue weighted by Gasteiger charge is 2.09. The summed E-state index contributed by atoms with van der Waals surface area (Å²) in [4.78, 5) is 46.9. The van der Waals surface area contributed by atoms with Gasteiger partial charge in [-0.1, -0.05) is 12.1 Å². The Balaban J connectivity index is 1.83. The van der Waals surface area contributed by atoms with Crippen LogP contribution in [0, 0.1) is 13.8 Å². The quantitative estimate of drug-likeness (QED) is 0.513. The Bertz CT molecular complexity index is 922. The number of aryl methyl sites for hydroxylation is 2. The topological polar surface area (TPSA) is 116 Å². The molecule has 0 atom stereocenters. The minimum absolute atomic E-state index is 0.182. The fourth-order valence-electron chi connectivity index (χ4n) is 2.90. The van der Waals surface area contributed by atoms with Crippen LogP contribution in [0.5, 0.6) is 0 Å². The molecule has 0 saturated heterocycles. The molecule has 31 heavy (non-hydrogen) atoms. The zero-order valence-corrected chi connectivity index (χ0v) is 18.2. The Kier molecular flexibility index (Phi) is 8.31. The molecule has 0 radical (unpaired) electrons. The SMILES string of the molecule is CC(=O)Nc1cc(NC(=O)CCCC(=O)Nc2ccc(C)c(NC(C)=O)c2)ccc1C. The molecule has 0 heterocycles. The predicted molar refractivity (Wildman–Crippen MR) is 122 cm³/mol. The van der Waals surface area contributed by atoms with Crippen molar-refractivity contribution in [2.45, 2.75) is 47.0 Å². The van der Waals surface area contributed by atoms with E-state index in [1.807, 2.05) is 26.0 Å². The molecule has 4 amide bonds. The van der Waals surface area contributed by atoms with Crippen molar-refractivity contribution in [3.05, 3.63) is 47.5 Å². The second-order valence-electron chi connectivity index (χ2n) is 7.37. The summed E-state index contributed by atoms with van der Waals surface area (Å²) in [5.74, 6) is -0.798. The lowest BCUT2D eigenvalue weighted by atomic mass is 10.1. The van der Waals surface area contributed by atoms with Crippen LogP contribution in [0.2, 0.25) is 0 Å². The Morgan fingerprint density at radius 2 is 1.03 bits per heavy atom. The van der Waals surface area contributed by atoms with E-state index in [1.54, 1.807) is 24.3 Å². The molecule has 0 saturated carbocycles. The van der Waals surface area contributed by atoms with Crippen molar-refractivity contribution in [3.63, 3.8) is 0 Å². The Morgan fingerprint density at radius 3 is 1.39 bits per heavy atom. The molecule has 2 rings (SSSR count). The van der Waals surface area contributed by atoms with Gasteiger partial charge in [-0.15, -0.1) is 0 Å². The normalized spacial score (nSPS) is 10.2. The molecule has 0 unspecified atom stereocenters. The van der Waals surface area contributed by atoms with Gasteiger partial charge in [-0.2, -0.15) is 0 Å². The van der Waals surface area contributed by atoms with Gasteiger partial charge in [0, 0.05) is 49.4 Å². The standard InChI is InChI=1S/C23H28N4O4/c1-14-8-10-18(12-20(14)24-16(3)28)26-22(30)6-5-7-23(31)27-19-11-9-15(2)21(13-19)25-17(4)29/h8-13H,5-7H2,1-4H3,(H,24,28)(H,25,29)(H,26,30)(H,27,31). The van der Waals surface area contributed by atoms with Crippen molar-refractivity contribution in [1.82, 2.24) is 0 Å². The van der Waals surface area contributed by atoms with Crippen molar-refractivity contribution in [2.24, 2.45) is 0 Å². The number of benzene rings is 2. The lowest BCUT2D eigenvalue weighted by molar-refractivity contribution is -0.118. The van der Waals surface area contributed by atoms with Gasteiger partial charge in [0.15, 0.2) is 0 Å². The third-order valence-corrected chi connectivity index (χ3v) is 4.47. The van der Waals surface area contributed by atoms with E-state index in [2.05, 4.69) is 21.3 Å². The molecule has 0 aromatic heterocycles. The first-order valence-corrected chi connectivity index (χ1v) is 10.00. The fraction of sp³-hybridized carbons (Fsp3) is 0.304. The van der Waals surface area contributed by atoms with Crippen LogP contribution in [-0.4, -0.2) is 23.6 Å². The number of rotatable bonds is 8. The van der Waals surface area contributed by atoms with Gasteiger partial charge in [0.1, 0.15) is 0 Å². The molecule has 4 N–H and O–H groups in total. The number of nitrogens with one attached hydrogen (secondary N) is 4. The highest BCUT2D eigenvalue weighted by Crippen LogP contribution is 2.22. The molecule has 8 heteroatoms. The molecule has 2 aromatic rings. The average molecular weight is 425 g/mol. The van der Waals surface area contributed by atoms with E-state index < -0.39 is 0 Å². The molecule has 0 aliphatic carbocycles. The van der Waals surface area contributed by atoms with Crippen molar-refractivity contribution >= 4 is 46.4 Å². The third-order valence-electron chi connectivity index (χ3n) is 4.47. The molecule has 0 aliphatic rings. The van der Waals surface area contributed by atoms with Gasteiger partial charge in [0.2, 0.25) is 23.6 Å². The van der Waals surface area contributed by atoms with Crippen molar-refractivity contribution in [1.29, 1.82) is 0 Å². The van der Waals surface area contributed by atoms with Gasteiger partial charge in [-0.3, -0.25) is 19.2 Å². The predicted octanol–water partition coefficient (Wildman–Crippen LogP) is 3.97. The number of amides is 4. The van der Waals surface area contributed by atoms with E-state index in [1.165, 1.54) is 13.8 Å². The van der Waals surface area contributed by atoms with Crippen LogP contribution in [0.3, 0.4) is 0 Å². The first kappa shape index (κ1) is 23.6. The lowest BCUT2D eigenvalue weighted by Gasteiger charge is -2.11. The Labute approximate surface area is 181 Å². The Hall–Kier alpha value is -3.68. The van der Waals surface area contributed by atoms with E-state index in [0.29, 0.717) is 29.2 Å². The van der Waals surface area contributed by atoms with Crippen molar-refractivity contribution in [3.8, 4) is 0 Å². The second kappa shape index (κ2) is 10.9. The summed E-state index contributed by atoms with van der Waals surface area (Å²) in [7, 11) is 0. The van der Waals surface area contributed by atoms with Gasteiger partial charge < -0.3 is 21.3 Å². The van der Waals surface area contributed by atoms with Crippen LogP contribution in [0.25, 0.3) is 0 Å². The summed E-state index contributed by atoms with van der Waals surface area (Å²) < 4.78 is 0. The summed E-state index contributed by atoms with van der Waals surface area (Å²) in [5.41, 5.74) is 4.22. The summed E-state index contributed by atoms with van der Waals surface area (Å²) >= 11 is 0. The maximum absolute atomic E-state index is 12.2.